The molecule has 2 saturated heterocycles. The summed E-state index contributed by atoms with van der Waals surface area (Å²) in [4.78, 5) is 0. The van der Waals surface area contributed by atoms with Crippen LogP contribution in [0.1, 0.15) is 30.7 Å². The standard InChI is InChI=1S/C16H23NO3/c1-18-16-14(12-5-8-17-9-6-12)3-2-4-15(16)20-13-7-10-19-11-13/h2-4,12-13,17H,5-11H2,1H3. The molecule has 3 rings (SSSR count). The van der Waals surface area contributed by atoms with Gasteiger partial charge in [-0.15, -0.1) is 0 Å². The molecule has 1 aromatic rings. The third-order valence-electron chi connectivity index (χ3n) is 4.17. The van der Waals surface area contributed by atoms with E-state index in [0.29, 0.717) is 12.5 Å². The van der Waals surface area contributed by atoms with Gasteiger partial charge in [0.15, 0.2) is 11.5 Å². The highest BCUT2D eigenvalue weighted by Gasteiger charge is 2.24. The Bertz CT molecular complexity index is 437. The molecule has 1 N–H and O–H groups in total. The van der Waals surface area contributed by atoms with Crippen LogP contribution in [0, 0.1) is 0 Å². The monoisotopic (exact) mass is 277 g/mol. The van der Waals surface area contributed by atoms with E-state index in [0.717, 1.165) is 50.5 Å². The van der Waals surface area contributed by atoms with Crippen molar-refractivity contribution in [3.05, 3.63) is 23.8 Å². The van der Waals surface area contributed by atoms with Gasteiger partial charge in [0.05, 0.1) is 20.3 Å². The molecule has 0 radical (unpaired) electrons. The summed E-state index contributed by atoms with van der Waals surface area (Å²) in [7, 11) is 1.73. The Kier molecular flexibility index (Phi) is 4.43. The van der Waals surface area contributed by atoms with Gasteiger partial charge in [-0.3, -0.25) is 0 Å². The van der Waals surface area contributed by atoms with Gasteiger partial charge in [0.1, 0.15) is 6.10 Å². The van der Waals surface area contributed by atoms with Gasteiger partial charge in [0, 0.05) is 12.0 Å². The average molecular weight is 277 g/mol. The summed E-state index contributed by atoms with van der Waals surface area (Å²) in [6.45, 7) is 3.63. The second-order valence-corrected chi connectivity index (χ2v) is 5.51. The summed E-state index contributed by atoms with van der Waals surface area (Å²) in [5.41, 5.74) is 1.28. The minimum atomic E-state index is 0.159. The van der Waals surface area contributed by atoms with E-state index < -0.39 is 0 Å². The molecular formula is C16H23NO3. The molecule has 1 atom stereocenters. The Hall–Kier alpha value is -1.26. The third-order valence-corrected chi connectivity index (χ3v) is 4.17. The van der Waals surface area contributed by atoms with Gasteiger partial charge in [0.2, 0.25) is 0 Å². The van der Waals surface area contributed by atoms with Crippen LogP contribution in [0.2, 0.25) is 0 Å². The van der Waals surface area contributed by atoms with Gasteiger partial charge in [-0.05, 0) is 37.9 Å². The van der Waals surface area contributed by atoms with Crippen molar-refractivity contribution >= 4 is 0 Å². The molecule has 2 heterocycles. The minimum Gasteiger partial charge on any atom is -0.493 e. The molecule has 0 aliphatic carbocycles. The number of para-hydroxylation sites is 1. The lowest BCUT2D eigenvalue weighted by Gasteiger charge is -2.26. The Labute approximate surface area is 120 Å². The number of benzene rings is 1. The van der Waals surface area contributed by atoms with E-state index in [-0.39, 0.29) is 6.10 Å². The van der Waals surface area contributed by atoms with E-state index in [1.807, 2.05) is 6.07 Å². The molecule has 4 nitrogen and oxygen atoms in total. The van der Waals surface area contributed by atoms with Crippen molar-refractivity contribution < 1.29 is 14.2 Å². The molecule has 110 valence electrons. The molecule has 4 heteroatoms. The molecule has 0 bridgehead atoms. The third kappa shape index (κ3) is 2.91. The maximum atomic E-state index is 6.06. The van der Waals surface area contributed by atoms with Crippen LogP contribution in [0.15, 0.2) is 18.2 Å². The zero-order valence-corrected chi connectivity index (χ0v) is 12.1. The molecule has 2 fully saturated rings. The van der Waals surface area contributed by atoms with Crippen LogP contribution in [0.5, 0.6) is 11.5 Å². The van der Waals surface area contributed by atoms with Crippen LogP contribution in [0.4, 0.5) is 0 Å². The predicted molar refractivity (Wildman–Crippen MR) is 77.7 cm³/mol. The molecule has 0 amide bonds. The summed E-state index contributed by atoms with van der Waals surface area (Å²) in [5.74, 6) is 2.33. The van der Waals surface area contributed by atoms with Crippen LogP contribution in [0.3, 0.4) is 0 Å². The molecule has 2 aliphatic heterocycles. The highest BCUT2D eigenvalue weighted by Crippen LogP contribution is 2.39. The van der Waals surface area contributed by atoms with Crippen molar-refractivity contribution in [2.24, 2.45) is 0 Å². The Balaban J connectivity index is 1.82. The summed E-state index contributed by atoms with van der Waals surface area (Å²) in [6, 6.07) is 6.25. The number of methoxy groups -OCH3 is 1. The van der Waals surface area contributed by atoms with Gasteiger partial charge < -0.3 is 19.5 Å². The average Bonchev–Trinajstić information content (AvgIpc) is 3.01. The van der Waals surface area contributed by atoms with E-state index in [9.17, 15) is 0 Å². The van der Waals surface area contributed by atoms with Crippen molar-refractivity contribution in [2.75, 3.05) is 33.4 Å². The quantitative estimate of drug-likeness (QED) is 0.917. The summed E-state index contributed by atoms with van der Waals surface area (Å²) in [6.07, 6.45) is 3.44. The van der Waals surface area contributed by atoms with Gasteiger partial charge >= 0.3 is 0 Å². The lowest BCUT2D eigenvalue weighted by Crippen LogP contribution is -2.27. The van der Waals surface area contributed by atoms with Gasteiger partial charge in [-0.2, -0.15) is 0 Å². The number of piperidine rings is 1. The van der Waals surface area contributed by atoms with Crippen molar-refractivity contribution in [3.63, 3.8) is 0 Å². The second-order valence-electron chi connectivity index (χ2n) is 5.51. The van der Waals surface area contributed by atoms with Crippen LogP contribution in [0.25, 0.3) is 0 Å². The number of hydrogen-bond donors (Lipinski definition) is 1. The van der Waals surface area contributed by atoms with E-state index in [1.54, 1.807) is 7.11 Å². The van der Waals surface area contributed by atoms with Gasteiger partial charge in [0.25, 0.3) is 0 Å². The molecule has 0 saturated carbocycles. The summed E-state index contributed by atoms with van der Waals surface area (Å²) < 4.78 is 17.1. The Morgan fingerprint density at radius 1 is 1.20 bits per heavy atom. The van der Waals surface area contributed by atoms with E-state index in [4.69, 9.17) is 14.2 Å². The molecule has 1 aromatic carbocycles. The van der Waals surface area contributed by atoms with Gasteiger partial charge in [-0.1, -0.05) is 12.1 Å². The largest absolute Gasteiger partial charge is 0.493 e. The molecule has 1 unspecified atom stereocenters. The van der Waals surface area contributed by atoms with E-state index in [2.05, 4.69) is 17.4 Å². The zero-order chi connectivity index (χ0) is 13.8. The highest BCUT2D eigenvalue weighted by atomic mass is 16.6. The smallest absolute Gasteiger partial charge is 0.164 e. The summed E-state index contributed by atoms with van der Waals surface area (Å²) >= 11 is 0. The molecule has 0 aromatic heterocycles. The summed E-state index contributed by atoms with van der Waals surface area (Å²) in [5, 5.41) is 3.41. The molecular weight excluding hydrogens is 254 g/mol. The molecule has 20 heavy (non-hydrogen) atoms. The van der Waals surface area contributed by atoms with Crippen LogP contribution in [-0.2, 0) is 4.74 Å². The van der Waals surface area contributed by atoms with Crippen LogP contribution < -0.4 is 14.8 Å². The first-order chi connectivity index (χ1) is 9.88. The number of nitrogens with one attached hydrogen (secondary N) is 1. The normalized spacial score (nSPS) is 23.8. The maximum Gasteiger partial charge on any atom is 0.164 e. The first-order valence-corrected chi connectivity index (χ1v) is 7.50. The highest BCUT2D eigenvalue weighted by molar-refractivity contribution is 5.48. The lowest BCUT2D eigenvalue weighted by atomic mass is 9.89. The SMILES string of the molecule is COc1c(OC2CCOC2)cccc1C1CCNCC1. The topological polar surface area (TPSA) is 39.7 Å². The Morgan fingerprint density at radius 3 is 2.75 bits per heavy atom. The van der Waals surface area contributed by atoms with Crippen molar-refractivity contribution in [2.45, 2.75) is 31.3 Å². The first kappa shape index (κ1) is 13.7. The van der Waals surface area contributed by atoms with Gasteiger partial charge in [-0.25, -0.2) is 0 Å². The van der Waals surface area contributed by atoms with Crippen LogP contribution >= 0.6 is 0 Å². The number of ether oxygens (including phenoxy) is 3. The first-order valence-electron chi connectivity index (χ1n) is 7.50. The predicted octanol–water partition coefficient (Wildman–Crippen LogP) is 2.33. The fourth-order valence-electron chi connectivity index (χ4n) is 3.08. The van der Waals surface area contributed by atoms with Crippen molar-refractivity contribution in [3.8, 4) is 11.5 Å². The van der Waals surface area contributed by atoms with E-state index in [1.165, 1.54) is 5.56 Å². The lowest BCUT2D eigenvalue weighted by molar-refractivity contribution is 0.138. The van der Waals surface area contributed by atoms with Crippen LogP contribution in [-0.4, -0.2) is 39.5 Å². The van der Waals surface area contributed by atoms with E-state index >= 15 is 0 Å². The zero-order valence-electron chi connectivity index (χ0n) is 12.1. The molecule has 2 aliphatic rings. The van der Waals surface area contributed by atoms with Crippen molar-refractivity contribution in [1.29, 1.82) is 0 Å². The number of hydrogen-bond acceptors (Lipinski definition) is 4. The maximum absolute atomic E-state index is 6.06. The number of rotatable bonds is 4. The van der Waals surface area contributed by atoms with Crippen molar-refractivity contribution in [1.82, 2.24) is 5.32 Å². The molecule has 0 spiro atoms. The minimum absolute atomic E-state index is 0.159. The fraction of sp³-hybridized carbons (Fsp3) is 0.625. The Morgan fingerprint density at radius 2 is 2.05 bits per heavy atom. The fourth-order valence-corrected chi connectivity index (χ4v) is 3.08. The second kappa shape index (κ2) is 6.46.